The molecule has 0 aliphatic heterocycles. The summed E-state index contributed by atoms with van der Waals surface area (Å²) >= 11 is 3.25. The second kappa shape index (κ2) is 6.43. The molecule has 0 saturated heterocycles. The number of thiazole rings is 1. The van der Waals surface area contributed by atoms with Gasteiger partial charge in [0.2, 0.25) is 0 Å². The van der Waals surface area contributed by atoms with Crippen LogP contribution in [0, 0.1) is 11.3 Å². The summed E-state index contributed by atoms with van der Waals surface area (Å²) in [6.45, 7) is 0.792. The van der Waals surface area contributed by atoms with Gasteiger partial charge in [-0.3, -0.25) is 0 Å². The Kier molecular flexibility index (Phi) is 4.62. The van der Waals surface area contributed by atoms with Gasteiger partial charge in [-0.25, -0.2) is 4.98 Å². The van der Waals surface area contributed by atoms with E-state index in [1.54, 1.807) is 23.1 Å². The van der Waals surface area contributed by atoms with E-state index >= 15 is 0 Å². The fourth-order valence-corrected chi connectivity index (χ4v) is 2.84. The number of nitriles is 1. The summed E-state index contributed by atoms with van der Waals surface area (Å²) in [4.78, 5) is 5.24. The largest absolute Gasteiger partial charge is 0.384 e. The van der Waals surface area contributed by atoms with E-state index in [2.05, 4.69) is 16.4 Å². The van der Waals surface area contributed by atoms with Gasteiger partial charge in [0.1, 0.15) is 6.07 Å². The average molecular weight is 275 g/mol. The zero-order chi connectivity index (χ0) is 12.8. The van der Waals surface area contributed by atoms with Crippen LogP contribution in [0.15, 0.2) is 34.7 Å². The third-order valence-electron chi connectivity index (χ3n) is 2.50. The summed E-state index contributed by atoms with van der Waals surface area (Å²) in [5, 5.41) is 15.6. The zero-order valence-electron chi connectivity index (χ0n) is 10.0. The fraction of sp³-hybridized carbons (Fsp3) is 0.231. The molecule has 0 aliphatic carbocycles. The van der Waals surface area contributed by atoms with Crippen LogP contribution in [-0.2, 0) is 6.42 Å². The molecule has 0 atom stereocenters. The van der Waals surface area contributed by atoms with Crippen molar-refractivity contribution in [2.75, 3.05) is 18.1 Å². The first kappa shape index (κ1) is 12.9. The van der Waals surface area contributed by atoms with Crippen LogP contribution in [0.2, 0.25) is 0 Å². The Labute approximate surface area is 115 Å². The van der Waals surface area contributed by atoms with Gasteiger partial charge in [0.15, 0.2) is 0 Å². The maximum Gasteiger partial charge on any atom is 0.102 e. The molecule has 5 heteroatoms. The van der Waals surface area contributed by atoms with E-state index in [0.717, 1.165) is 34.1 Å². The summed E-state index contributed by atoms with van der Waals surface area (Å²) in [6, 6.07) is 8.15. The molecule has 18 heavy (non-hydrogen) atoms. The number of nitrogens with one attached hydrogen (secondary N) is 1. The lowest BCUT2D eigenvalue weighted by atomic mass is 10.2. The van der Waals surface area contributed by atoms with E-state index in [9.17, 15) is 5.26 Å². The first-order valence-electron chi connectivity index (χ1n) is 5.54. The van der Waals surface area contributed by atoms with Crippen LogP contribution in [0.1, 0.15) is 10.6 Å². The van der Waals surface area contributed by atoms with Crippen molar-refractivity contribution in [1.82, 2.24) is 4.98 Å². The molecule has 0 spiro atoms. The molecule has 1 heterocycles. The molecule has 0 amide bonds. The molecule has 92 valence electrons. The lowest BCUT2D eigenvalue weighted by Gasteiger charge is -2.09. The lowest BCUT2D eigenvalue weighted by Crippen LogP contribution is -2.06. The van der Waals surface area contributed by atoms with Gasteiger partial charge >= 0.3 is 0 Å². The minimum Gasteiger partial charge on any atom is -0.384 e. The van der Waals surface area contributed by atoms with E-state index in [-0.39, 0.29) is 0 Å². The standard InChI is InChI=1S/C13H13N3S2/c1-17-12-4-2-3-11(10(12)9-14)15-6-5-13-16-7-8-18-13/h2-4,7-8,15H,5-6H2,1H3. The molecular weight excluding hydrogens is 262 g/mol. The third-order valence-corrected chi connectivity index (χ3v) is 4.12. The van der Waals surface area contributed by atoms with Crippen LogP contribution >= 0.6 is 23.1 Å². The highest BCUT2D eigenvalue weighted by molar-refractivity contribution is 7.98. The van der Waals surface area contributed by atoms with Gasteiger partial charge in [-0.15, -0.1) is 23.1 Å². The minimum absolute atomic E-state index is 0.726. The van der Waals surface area contributed by atoms with Gasteiger partial charge < -0.3 is 5.32 Å². The van der Waals surface area contributed by atoms with Gasteiger partial charge in [0.05, 0.1) is 16.3 Å². The second-order valence-electron chi connectivity index (χ2n) is 3.60. The summed E-state index contributed by atoms with van der Waals surface area (Å²) in [6.07, 6.45) is 4.68. The number of hydrogen-bond donors (Lipinski definition) is 1. The van der Waals surface area contributed by atoms with Crippen LogP contribution in [0.3, 0.4) is 0 Å². The summed E-state index contributed by atoms with van der Waals surface area (Å²) in [5.74, 6) is 0. The Morgan fingerprint density at radius 2 is 2.39 bits per heavy atom. The molecule has 2 aromatic rings. The topological polar surface area (TPSA) is 48.7 Å². The average Bonchev–Trinajstić information content (AvgIpc) is 2.91. The van der Waals surface area contributed by atoms with Crippen molar-refractivity contribution in [3.63, 3.8) is 0 Å². The van der Waals surface area contributed by atoms with Gasteiger partial charge in [-0.1, -0.05) is 6.07 Å². The highest BCUT2D eigenvalue weighted by atomic mass is 32.2. The van der Waals surface area contributed by atoms with Crippen LogP contribution in [0.5, 0.6) is 0 Å². The molecule has 0 saturated carbocycles. The van der Waals surface area contributed by atoms with E-state index in [0.29, 0.717) is 0 Å². The quantitative estimate of drug-likeness (QED) is 0.850. The van der Waals surface area contributed by atoms with Crippen molar-refractivity contribution in [1.29, 1.82) is 5.26 Å². The van der Waals surface area contributed by atoms with Crippen molar-refractivity contribution < 1.29 is 0 Å². The smallest absolute Gasteiger partial charge is 0.102 e. The number of nitrogens with zero attached hydrogens (tertiary/aromatic N) is 2. The van der Waals surface area contributed by atoms with Gasteiger partial charge in [0.25, 0.3) is 0 Å². The monoisotopic (exact) mass is 275 g/mol. The Hall–Kier alpha value is -1.51. The Bertz CT molecular complexity index is 544. The maximum atomic E-state index is 9.20. The molecule has 3 nitrogen and oxygen atoms in total. The summed E-state index contributed by atoms with van der Waals surface area (Å²) in [7, 11) is 0. The molecule has 1 aromatic heterocycles. The number of benzene rings is 1. The first-order valence-corrected chi connectivity index (χ1v) is 7.65. The third kappa shape index (κ3) is 3.03. The molecule has 2 rings (SSSR count). The minimum atomic E-state index is 0.726. The van der Waals surface area contributed by atoms with Crippen molar-refractivity contribution in [2.45, 2.75) is 11.3 Å². The number of thioether (sulfide) groups is 1. The highest BCUT2D eigenvalue weighted by Crippen LogP contribution is 2.26. The van der Waals surface area contributed by atoms with Crippen molar-refractivity contribution in [3.8, 4) is 6.07 Å². The van der Waals surface area contributed by atoms with Crippen molar-refractivity contribution >= 4 is 28.8 Å². The number of hydrogen-bond acceptors (Lipinski definition) is 5. The van der Waals surface area contributed by atoms with Gasteiger partial charge in [-0.2, -0.15) is 5.26 Å². The molecular formula is C13H13N3S2. The molecule has 0 radical (unpaired) electrons. The predicted molar refractivity (Wildman–Crippen MR) is 77.2 cm³/mol. The molecule has 0 fully saturated rings. The Morgan fingerprint density at radius 1 is 1.50 bits per heavy atom. The number of rotatable bonds is 5. The Morgan fingerprint density at radius 3 is 3.06 bits per heavy atom. The van der Waals surface area contributed by atoms with E-state index in [4.69, 9.17) is 0 Å². The maximum absolute atomic E-state index is 9.20. The van der Waals surface area contributed by atoms with Crippen LogP contribution in [0.25, 0.3) is 0 Å². The van der Waals surface area contributed by atoms with Crippen molar-refractivity contribution in [2.24, 2.45) is 0 Å². The van der Waals surface area contributed by atoms with Crippen molar-refractivity contribution in [3.05, 3.63) is 40.3 Å². The molecule has 0 unspecified atom stereocenters. The first-order chi connectivity index (χ1) is 8.85. The SMILES string of the molecule is CSc1cccc(NCCc2nccs2)c1C#N. The molecule has 0 aliphatic rings. The molecule has 1 aromatic carbocycles. The predicted octanol–water partition coefficient (Wildman–Crippen LogP) is 3.39. The van der Waals surface area contributed by atoms with Crippen LogP contribution in [0.4, 0.5) is 5.69 Å². The number of anilines is 1. The van der Waals surface area contributed by atoms with Crippen LogP contribution in [-0.4, -0.2) is 17.8 Å². The van der Waals surface area contributed by atoms with E-state index < -0.39 is 0 Å². The zero-order valence-corrected chi connectivity index (χ0v) is 11.6. The fourth-order valence-electron chi connectivity index (χ4n) is 1.64. The van der Waals surface area contributed by atoms with Gasteiger partial charge in [0, 0.05) is 29.4 Å². The second-order valence-corrected chi connectivity index (χ2v) is 5.42. The normalized spacial score (nSPS) is 10.0. The number of aromatic nitrogens is 1. The lowest BCUT2D eigenvalue weighted by molar-refractivity contribution is 0.996. The molecule has 1 N–H and O–H groups in total. The van der Waals surface area contributed by atoms with E-state index in [1.165, 1.54) is 0 Å². The summed E-state index contributed by atoms with van der Waals surface area (Å²) < 4.78 is 0. The van der Waals surface area contributed by atoms with Gasteiger partial charge in [-0.05, 0) is 18.4 Å². The van der Waals surface area contributed by atoms with E-state index in [1.807, 2.05) is 36.0 Å². The highest BCUT2D eigenvalue weighted by Gasteiger charge is 2.06. The molecule has 0 bridgehead atoms. The Balaban J connectivity index is 2.03. The van der Waals surface area contributed by atoms with Crippen LogP contribution < -0.4 is 5.32 Å². The summed E-state index contributed by atoms with van der Waals surface area (Å²) in [5.41, 5.74) is 1.63.